The van der Waals surface area contributed by atoms with Gasteiger partial charge in [0, 0.05) is 30.6 Å². The Hall–Kier alpha value is -0.220. The minimum atomic E-state index is 0.246. The van der Waals surface area contributed by atoms with Crippen LogP contribution in [0.4, 0.5) is 0 Å². The first-order chi connectivity index (χ1) is 7.68. The van der Waals surface area contributed by atoms with Crippen molar-refractivity contribution in [2.45, 2.75) is 25.5 Å². The molecule has 16 heavy (non-hydrogen) atoms. The average Bonchev–Trinajstić information content (AvgIpc) is 2.81. The van der Waals surface area contributed by atoms with Crippen LogP contribution in [0.3, 0.4) is 0 Å². The Balaban J connectivity index is 1.90. The molecule has 2 atom stereocenters. The van der Waals surface area contributed by atoms with E-state index in [0.29, 0.717) is 17.1 Å². The first-order valence-corrected chi connectivity index (χ1v) is 7.34. The van der Waals surface area contributed by atoms with Gasteiger partial charge in [-0.1, -0.05) is 13.8 Å². The van der Waals surface area contributed by atoms with E-state index in [4.69, 9.17) is 0 Å². The molecule has 2 rings (SSSR count). The average molecular weight is 242 g/mol. The monoisotopic (exact) mass is 242 g/mol. The van der Waals surface area contributed by atoms with Crippen molar-refractivity contribution >= 4 is 17.7 Å². The Bertz CT molecular complexity index is 251. The van der Waals surface area contributed by atoms with E-state index in [-0.39, 0.29) is 5.92 Å². The van der Waals surface area contributed by atoms with Gasteiger partial charge in [0.2, 0.25) is 5.91 Å². The van der Waals surface area contributed by atoms with E-state index in [1.807, 2.05) is 11.8 Å². The highest BCUT2D eigenvalue weighted by molar-refractivity contribution is 8.00. The molecule has 2 fully saturated rings. The fourth-order valence-corrected chi connectivity index (χ4v) is 3.70. The number of carbonyl (C=O) groups excluding carboxylic acids is 1. The normalized spacial score (nSPS) is 31.1. The zero-order valence-electron chi connectivity index (χ0n) is 10.2. The van der Waals surface area contributed by atoms with Crippen LogP contribution < -0.4 is 5.32 Å². The van der Waals surface area contributed by atoms with Gasteiger partial charge in [0.1, 0.15) is 0 Å². The molecule has 0 aromatic rings. The second-order valence-electron chi connectivity index (χ2n) is 5.13. The summed E-state index contributed by atoms with van der Waals surface area (Å²) in [6.45, 7) is 8.30. The Morgan fingerprint density at radius 2 is 2.31 bits per heavy atom. The summed E-state index contributed by atoms with van der Waals surface area (Å²) in [6.07, 6.45) is 1.02. The molecule has 2 aliphatic rings. The number of rotatable bonds is 2. The number of hydrogen-bond acceptors (Lipinski definition) is 3. The highest BCUT2D eigenvalue weighted by Gasteiger charge is 2.31. The van der Waals surface area contributed by atoms with Gasteiger partial charge in [0.15, 0.2) is 0 Å². The van der Waals surface area contributed by atoms with E-state index < -0.39 is 0 Å². The molecular weight excluding hydrogens is 220 g/mol. The predicted octanol–water partition coefficient (Wildman–Crippen LogP) is 1.20. The van der Waals surface area contributed by atoms with Crippen LogP contribution in [-0.2, 0) is 4.79 Å². The minimum Gasteiger partial charge on any atom is -0.340 e. The molecule has 0 saturated carbocycles. The molecule has 2 saturated heterocycles. The zero-order valence-corrected chi connectivity index (χ0v) is 11.1. The molecule has 3 nitrogen and oxygen atoms in total. The lowest BCUT2D eigenvalue weighted by Crippen LogP contribution is -2.46. The molecular formula is C12H22N2OS. The largest absolute Gasteiger partial charge is 0.340 e. The standard InChI is InChI=1S/C12H22N2OS/c1-9(2)11-8-14(5-6-16-11)12(15)10-3-4-13-7-10/h9-11,13H,3-8H2,1-2H3. The maximum atomic E-state index is 12.2. The van der Waals surface area contributed by atoms with Gasteiger partial charge in [-0.05, 0) is 18.9 Å². The number of nitrogens with one attached hydrogen (secondary N) is 1. The Morgan fingerprint density at radius 1 is 1.50 bits per heavy atom. The van der Waals surface area contributed by atoms with Crippen molar-refractivity contribution in [1.29, 1.82) is 0 Å². The Morgan fingerprint density at radius 3 is 2.94 bits per heavy atom. The van der Waals surface area contributed by atoms with Crippen molar-refractivity contribution in [2.24, 2.45) is 11.8 Å². The Kier molecular flexibility index (Phi) is 4.14. The molecule has 0 aromatic carbocycles. The predicted molar refractivity (Wildman–Crippen MR) is 68.6 cm³/mol. The third-order valence-corrected chi connectivity index (χ3v) is 5.10. The van der Waals surface area contributed by atoms with Gasteiger partial charge in [-0.25, -0.2) is 0 Å². The van der Waals surface area contributed by atoms with E-state index in [0.717, 1.165) is 38.4 Å². The summed E-state index contributed by atoms with van der Waals surface area (Å²) in [5, 5.41) is 3.91. The van der Waals surface area contributed by atoms with Crippen molar-refractivity contribution in [3.05, 3.63) is 0 Å². The van der Waals surface area contributed by atoms with Gasteiger partial charge in [0.25, 0.3) is 0 Å². The van der Waals surface area contributed by atoms with Gasteiger partial charge in [-0.3, -0.25) is 4.79 Å². The lowest BCUT2D eigenvalue weighted by atomic mass is 10.1. The van der Waals surface area contributed by atoms with Gasteiger partial charge < -0.3 is 10.2 Å². The number of hydrogen-bond donors (Lipinski definition) is 1. The molecule has 2 aliphatic heterocycles. The SMILES string of the molecule is CC(C)C1CN(C(=O)C2CCNC2)CCS1. The molecule has 4 heteroatoms. The van der Waals surface area contributed by atoms with Crippen LogP contribution in [0.5, 0.6) is 0 Å². The minimum absolute atomic E-state index is 0.246. The third-order valence-electron chi connectivity index (χ3n) is 3.56. The van der Waals surface area contributed by atoms with Crippen LogP contribution in [-0.4, -0.2) is 48.0 Å². The van der Waals surface area contributed by atoms with E-state index in [2.05, 4.69) is 24.1 Å². The smallest absolute Gasteiger partial charge is 0.227 e. The first-order valence-electron chi connectivity index (χ1n) is 6.29. The summed E-state index contributed by atoms with van der Waals surface area (Å²) in [5.41, 5.74) is 0. The molecule has 1 N–H and O–H groups in total. The summed E-state index contributed by atoms with van der Waals surface area (Å²) in [5.74, 6) is 2.41. The molecule has 2 heterocycles. The summed E-state index contributed by atoms with van der Waals surface area (Å²) < 4.78 is 0. The first kappa shape index (κ1) is 12.2. The van der Waals surface area contributed by atoms with Gasteiger partial charge in [-0.2, -0.15) is 11.8 Å². The van der Waals surface area contributed by atoms with Gasteiger partial charge in [-0.15, -0.1) is 0 Å². The highest BCUT2D eigenvalue weighted by atomic mass is 32.2. The van der Waals surface area contributed by atoms with Crippen molar-refractivity contribution in [3.8, 4) is 0 Å². The Labute approximate surface area is 102 Å². The molecule has 0 aliphatic carbocycles. The van der Waals surface area contributed by atoms with Gasteiger partial charge in [0.05, 0.1) is 5.92 Å². The van der Waals surface area contributed by atoms with E-state index in [1.165, 1.54) is 0 Å². The summed E-state index contributed by atoms with van der Waals surface area (Å²) in [6, 6.07) is 0. The molecule has 1 amide bonds. The molecule has 0 aromatic heterocycles. The van der Waals surface area contributed by atoms with Crippen LogP contribution in [0, 0.1) is 11.8 Å². The molecule has 0 bridgehead atoms. The van der Waals surface area contributed by atoms with Gasteiger partial charge >= 0.3 is 0 Å². The summed E-state index contributed by atoms with van der Waals surface area (Å²) >= 11 is 2.03. The number of nitrogens with zero attached hydrogens (tertiary/aromatic N) is 1. The quantitative estimate of drug-likeness (QED) is 0.789. The van der Waals surface area contributed by atoms with Crippen LogP contribution in [0.1, 0.15) is 20.3 Å². The van der Waals surface area contributed by atoms with Crippen molar-refractivity contribution in [2.75, 3.05) is 31.9 Å². The molecule has 0 radical (unpaired) electrons. The van der Waals surface area contributed by atoms with Crippen LogP contribution >= 0.6 is 11.8 Å². The zero-order chi connectivity index (χ0) is 11.5. The van der Waals surface area contributed by atoms with E-state index in [9.17, 15) is 4.79 Å². The lowest BCUT2D eigenvalue weighted by Gasteiger charge is -2.35. The number of carbonyl (C=O) groups is 1. The van der Waals surface area contributed by atoms with Crippen LogP contribution in [0.25, 0.3) is 0 Å². The lowest BCUT2D eigenvalue weighted by molar-refractivity contribution is -0.134. The molecule has 0 spiro atoms. The topological polar surface area (TPSA) is 32.3 Å². The van der Waals surface area contributed by atoms with E-state index in [1.54, 1.807) is 0 Å². The highest BCUT2D eigenvalue weighted by Crippen LogP contribution is 2.26. The fourth-order valence-electron chi connectivity index (χ4n) is 2.40. The fraction of sp³-hybridized carbons (Fsp3) is 0.917. The third kappa shape index (κ3) is 2.72. The summed E-state index contributed by atoms with van der Waals surface area (Å²) in [4.78, 5) is 14.3. The maximum Gasteiger partial charge on any atom is 0.227 e. The summed E-state index contributed by atoms with van der Waals surface area (Å²) in [7, 11) is 0. The van der Waals surface area contributed by atoms with E-state index >= 15 is 0 Å². The van der Waals surface area contributed by atoms with Crippen LogP contribution in [0.15, 0.2) is 0 Å². The molecule has 2 unspecified atom stereocenters. The molecule has 92 valence electrons. The van der Waals surface area contributed by atoms with Crippen molar-refractivity contribution in [3.63, 3.8) is 0 Å². The maximum absolute atomic E-state index is 12.2. The second-order valence-corrected chi connectivity index (χ2v) is 6.47. The number of amides is 1. The number of thioether (sulfide) groups is 1. The second kappa shape index (κ2) is 5.41. The van der Waals surface area contributed by atoms with Crippen molar-refractivity contribution in [1.82, 2.24) is 10.2 Å². The van der Waals surface area contributed by atoms with Crippen molar-refractivity contribution < 1.29 is 4.79 Å². The van der Waals surface area contributed by atoms with Crippen LogP contribution in [0.2, 0.25) is 0 Å².